The van der Waals surface area contributed by atoms with Gasteiger partial charge in [-0.2, -0.15) is 0 Å². The molecule has 0 aromatic heterocycles. The third kappa shape index (κ3) is 2.01. The lowest BCUT2D eigenvalue weighted by atomic mass is 10.3. The van der Waals surface area contributed by atoms with Crippen molar-refractivity contribution in [2.24, 2.45) is 0 Å². The van der Waals surface area contributed by atoms with E-state index >= 15 is 0 Å². The number of hydrogen-bond acceptors (Lipinski definition) is 2. The summed E-state index contributed by atoms with van der Waals surface area (Å²) >= 11 is 0. The van der Waals surface area contributed by atoms with Crippen LogP contribution in [0.4, 0.5) is 8.78 Å². The van der Waals surface area contributed by atoms with Crippen LogP contribution < -0.4 is 10.1 Å². The van der Waals surface area contributed by atoms with Crippen LogP contribution in [-0.4, -0.2) is 19.2 Å². The molecule has 1 fully saturated rings. The van der Waals surface area contributed by atoms with E-state index in [2.05, 4.69) is 5.32 Å². The number of halogens is 2. The van der Waals surface area contributed by atoms with Crippen LogP contribution >= 0.6 is 0 Å². The van der Waals surface area contributed by atoms with E-state index in [0.29, 0.717) is 6.54 Å². The molecule has 1 aromatic carbocycles. The first-order chi connectivity index (χ1) is 6.75. The Bertz CT molecular complexity index is 324. The Balaban J connectivity index is 2.10. The standard InChI is InChI=1S/C10H11F2NO/c11-7-1-2-9(12)10(5-7)14-8-3-4-13-6-8/h1-2,5,8,13H,3-4,6H2. The van der Waals surface area contributed by atoms with Crippen LogP contribution in [0.3, 0.4) is 0 Å². The number of nitrogens with one attached hydrogen (secondary N) is 1. The van der Waals surface area contributed by atoms with Crippen LogP contribution in [0.25, 0.3) is 0 Å². The summed E-state index contributed by atoms with van der Waals surface area (Å²) in [4.78, 5) is 0. The lowest BCUT2D eigenvalue weighted by Crippen LogP contribution is -2.20. The lowest BCUT2D eigenvalue weighted by molar-refractivity contribution is 0.212. The summed E-state index contributed by atoms with van der Waals surface area (Å²) in [6, 6.07) is 3.23. The topological polar surface area (TPSA) is 21.3 Å². The summed E-state index contributed by atoms with van der Waals surface area (Å²) in [6.45, 7) is 1.55. The fraction of sp³-hybridized carbons (Fsp3) is 0.400. The monoisotopic (exact) mass is 199 g/mol. The SMILES string of the molecule is Fc1ccc(F)c(OC2CCNC2)c1. The molecule has 0 aliphatic carbocycles. The summed E-state index contributed by atoms with van der Waals surface area (Å²) in [7, 11) is 0. The van der Waals surface area contributed by atoms with Crippen molar-refractivity contribution in [3.05, 3.63) is 29.8 Å². The molecule has 1 aliphatic heterocycles. The molecule has 0 bridgehead atoms. The predicted octanol–water partition coefficient (Wildman–Crippen LogP) is 1.71. The second kappa shape index (κ2) is 3.92. The van der Waals surface area contributed by atoms with E-state index in [1.54, 1.807) is 0 Å². The maximum absolute atomic E-state index is 13.1. The molecular formula is C10H11F2NO. The summed E-state index contributed by atoms with van der Waals surface area (Å²) in [6.07, 6.45) is 0.780. The Hall–Kier alpha value is -1.16. The van der Waals surface area contributed by atoms with Gasteiger partial charge in [0.15, 0.2) is 11.6 Å². The largest absolute Gasteiger partial charge is 0.486 e. The van der Waals surface area contributed by atoms with Gasteiger partial charge in [-0.3, -0.25) is 0 Å². The molecule has 1 saturated heterocycles. The van der Waals surface area contributed by atoms with Gasteiger partial charge in [0.2, 0.25) is 0 Å². The highest BCUT2D eigenvalue weighted by Crippen LogP contribution is 2.20. The Morgan fingerprint density at radius 1 is 1.36 bits per heavy atom. The average molecular weight is 199 g/mol. The van der Waals surface area contributed by atoms with Gasteiger partial charge in [0.1, 0.15) is 11.9 Å². The Morgan fingerprint density at radius 3 is 2.93 bits per heavy atom. The summed E-state index contributed by atoms with van der Waals surface area (Å²) in [5.41, 5.74) is 0. The third-order valence-electron chi connectivity index (χ3n) is 2.20. The van der Waals surface area contributed by atoms with Crippen LogP contribution in [0.2, 0.25) is 0 Å². The van der Waals surface area contributed by atoms with Gasteiger partial charge in [-0.05, 0) is 25.1 Å². The van der Waals surface area contributed by atoms with E-state index in [4.69, 9.17) is 4.74 Å². The summed E-state index contributed by atoms with van der Waals surface area (Å²) in [5, 5.41) is 3.09. The molecule has 14 heavy (non-hydrogen) atoms. The first kappa shape index (κ1) is 9.40. The maximum atomic E-state index is 13.1. The molecular weight excluding hydrogens is 188 g/mol. The van der Waals surface area contributed by atoms with Crippen LogP contribution in [0.1, 0.15) is 6.42 Å². The van der Waals surface area contributed by atoms with Gasteiger partial charge in [0.05, 0.1) is 0 Å². The molecule has 1 heterocycles. The van der Waals surface area contributed by atoms with E-state index in [-0.39, 0.29) is 11.9 Å². The van der Waals surface area contributed by atoms with Gasteiger partial charge in [-0.25, -0.2) is 8.78 Å². The highest BCUT2D eigenvalue weighted by atomic mass is 19.1. The van der Waals surface area contributed by atoms with Crippen LogP contribution in [0.15, 0.2) is 18.2 Å². The lowest BCUT2D eigenvalue weighted by Gasteiger charge is -2.12. The van der Waals surface area contributed by atoms with Crippen molar-refractivity contribution in [3.8, 4) is 5.75 Å². The van der Waals surface area contributed by atoms with Crippen molar-refractivity contribution < 1.29 is 13.5 Å². The number of hydrogen-bond donors (Lipinski definition) is 1. The van der Waals surface area contributed by atoms with Gasteiger partial charge in [0, 0.05) is 12.6 Å². The average Bonchev–Trinajstić information content (AvgIpc) is 2.64. The normalized spacial score (nSPS) is 21.1. The molecule has 1 N–H and O–H groups in total. The van der Waals surface area contributed by atoms with Gasteiger partial charge >= 0.3 is 0 Å². The number of rotatable bonds is 2. The highest BCUT2D eigenvalue weighted by molar-refractivity contribution is 5.25. The Kier molecular flexibility index (Phi) is 2.63. The minimum Gasteiger partial charge on any atom is -0.486 e. The molecule has 4 heteroatoms. The second-order valence-electron chi connectivity index (χ2n) is 3.31. The van der Waals surface area contributed by atoms with Crippen LogP contribution in [0.5, 0.6) is 5.75 Å². The van der Waals surface area contributed by atoms with E-state index < -0.39 is 11.6 Å². The molecule has 2 rings (SSSR count). The van der Waals surface area contributed by atoms with Crippen LogP contribution in [-0.2, 0) is 0 Å². The minimum atomic E-state index is -0.515. The molecule has 0 amide bonds. The molecule has 1 aliphatic rings. The van der Waals surface area contributed by atoms with E-state index in [0.717, 1.165) is 31.2 Å². The quantitative estimate of drug-likeness (QED) is 0.782. The van der Waals surface area contributed by atoms with Crippen molar-refractivity contribution in [1.29, 1.82) is 0 Å². The Labute approximate surface area is 80.9 Å². The molecule has 0 saturated carbocycles. The van der Waals surface area contributed by atoms with E-state index in [1.807, 2.05) is 0 Å². The molecule has 1 aromatic rings. The first-order valence-electron chi connectivity index (χ1n) is 4.58. The summed E-state index contributed by atoms with van der Waals surface area (Å²) < 4.78 is 31.2. The van der Waals surface area contributed by atoms with Gasteiger partial charge < -0.3 is 10.1 Å². The van der Waals surface area contributed by atoms with Crippen LogP contribution in [0, 0.1) is 11.6 Å². The fourth-order valence-corrected chi connectivity index (χ4v) is 1.48. The smallest absolute Gasteiger partial charge is 0.165 e. The first-order valence-corrected chi connectivity index (χ1v) is 4.58. The number of benzene rings is 1. The minimum absolute atomic E-state index is 0.00120. The third-order valence-corrected chi connectivity index (χ3v) is 2.20. The molecule has 0 spiro atoms. The van der Waals surface area contributed by atoms with E-state index in [9.17, 15) is 8.78 Å². The molecule has 1 unspecified atom stereocenters. The van der Waals surface area contributed by atoms with Gasteiger partial charge in [0.25, 0.3) is 0 Å². The van der Waals surface area contributed by atoms with Crippen molar-refractivity contribution in [2.75, 3.05) is 13.1 Å². The molecule has 76 valence electrons. The fourth-order valence-electron chi connectivity index (χ4n) is 1.48. The zero-order chi connectivity index (χ0) is 9.97. The van der Waals surface area contributed by atoms with Gasteiger partial charge in [-0.1, -0.05) is 0 Å². The van der Waals surface area contributed by atoms with Crippen molar-refractivity contribution >= 4 is 0 Å². The predicted molar refractivity (Wildman–Crippen MR) is 48.3 cm³/mol. The highest BCUT2D eigenvalue weighted by Gasteiger charge is 2.17. The second-order valence-corrected chi connectivity index (χ2v) is 3.31. The number of ether oxygens (including phenoxy) is 1. The zero-order valence-electron chi connectivity index (χ0n) is 7.59. The zero-order valence-corrected chi connectivity index (χ0v) is 7.59. The molecule has 2 nitrogen and oxygen atoms in total. The van der Waals surface area contributed by atoms with E-state index in [1.165, 1.54) is 0 Å². The maximum Gasteiger partial charge on any atom is 0.165 e. The summed E-state index contributed by atoms with van der Waals surface area (Å²) in [5.74, 6) is -0.996. The van der Waals surface area contributed by atoms with Gasteiger partial charge in [-0.15, -0.1) is 0 Å². The van der Waals surface area contributed by atoms with Crippen molar-refractivity contribution in [3.63, 3.8) is 0 Å². The van der Waals surface area contributed by atoms with Crippen molar-refractivity contribution in [2.45, 2.75) is 12.5 Å². The molecule has 0 radical (unpaired) electrons. The Morgan fingerprint density at radius 2 is 2.21 bits per heavy atom. The molecule has 1 atom stereocenters. The van der Waals surface area contributed by atoms with Crippen molar-refractivity contribution in [1.82, 2.24) is 5.32 Å².